The molecule has 0 aliphatic rings. The SMILES string of the molecule is Cc1cc(/C=N/Nc2cc(=O)[nH]c(N)n2)c(C)n1C. The fourth-order valence-electron chi connectivity index (χ4n) is 1.72. The molecular weight excluding hydrogens is 244 g/mol. The zero-order valence-electron chi connectivity index (χ0n) is 11.1. The lowest BCUT2D eigenvalue weighted by atomic mass is 10.3. The maximum atomic E-state index is 11.2. The van der Waals surface area contributed by atoms with Gasteiger partial charge in [0.2, 0.25) is 5.95 Å². The number of hydrogen-bond donors (Lipinski definition) is 3. The number of hydrazone groups is 1. The van der Waals surface area contributed by atoms with E-state index >= 15 is 0 Å². The molecule has 0 bridgehead atoms. The van der Waals surface area contributed by atoms with E-state index in [2.05, 4.69) is 25.1 Å². The summed E-state index contributed by atoms with van der Waals surface area (Å²) in [6, 6.07) is 3.32. The first-order chi connectivity index (χ1) is 8.97. The van der Waals surface area contributed by atoms with Crippen molar-refractivity contribution in [3.8, 4) is 0 Å². The van der Waals surface area contributed by atoms with E-state index in [1.165, 1.54) is 6.07 Å². The first-order valence-corrected chi connectivity index (χ1v) is 5.76. The van der Waals surface area contributed by atoms with Gasteiger partial charge in [0.1, 0.15) is 0 Å². The van der Waals surface area contributed by atoms with Gasteiger partial charge in [-0.1, -0.05) is 0 Å². The summed E-state index contributed by atoms with van der Waals surface area (Å²) >= 11 is 0. The second kappa shape index (κ2) is 4.97. The third kappa shape index (κ3) is 2.82. The van der Waals surface area contributed by atoms with Gasteiger partial charge >= 0.3 is 0 Å². The van der Waals surface area contributed by atoms with Crippen molar-refractivity contribution < 1.29 is 0 Å². The van der Waals surface area contributed by atoms with E-state index in [1.54, 1.807) is 6.21 Å². The second-order valence-electron chi connectivity index (χ2n) is 4.27. The molecule has 7 nitrogen and oxygen atoms in total. The number of nitrogens with zero attached hydrogens (tertiary/aromatic N) is 3. The largest absolute Gasteiger partial charge is 0.369 e. The maximum absolute atomic E-state index is 11.2. The van der Waals surface area contributed by atoms with Crippen molar-refractivity contribution in [3.63, 3.8) is 0 Å². The number of nitrogens with two attached hydrogens (primary N) is 1. The molecule has 100 valence electrons. The second-order valence-corrected chi connectivity index (χ2v) is 4.27. The van der Waals surface area contributed by atoms with Crippen LogP contribution in [0.1, 0.15) is 17.0 Å². The van der Waals surface area contributed by atoms with Gasteiger partial charge in [-0.05, 0) is 19.9 Å². The van der Waals surface area contributed by atoms with Crippen LogP contribution in [0.5, 0.6) is 0 Å². The third-order valence-corrected chi connectivity index (χ3v) is 2.96. The molecule has 0 aromatic carbocycles. The van der Waals surface area contributed by atoms with Crippen LogP contribution in [-0.4, -0.2) is 20.7 Å². The highest BCUT2D eigenvalue weighted by Gasteiger charge is 2.03. The number of nitrogen functional groups attached to an aromatic ring is 1. The van der Waals surface area contributed by atoms with Crippen LogP contribution in [0.2, 0.25) is 0 Å². The summed E-state index contributed by atoms with van der Waals surface area (Å²) in [6.07, 6.45) is 1.68. The molecule has 0 aliphatic heterocycles. The fraction of sp³-hybridized carbons (Fsp3) is 0.250. The lowest BCUT2D eigenvalue weighted by Gasteiger charge is -2.00. The molecule has 0 unspecified atom stereocenters. The average molecular weight is 260 g/mol. The van der Waals surface area contributed by atoms with Crippen molar-refractivity contribution in [3.05, 3.63) is 39.4 Å². The van der Waals surface area contributed by atoms with Gasteiger partial charge in [-0.2, -0.15) is 10.1 Å². The molecule has 0 saturated carbocycles. The van der Waals surface area contributed by atoms with Gasteiger partial charge in [0.05, 0.1) is 6.21 Å². The van der Waals surface area contributed by atoms with Crippen LogP contribution in [0.25, 0.3) is 0 Å². The molecule has 19 heavy (non-hydrogen) atoms. The molecule has 0 radical (unpaired) electrons. The van der Waals surface area contributed by atoms with E-state index in [9.17, 15) is 4.79 Å². The summed E-state index contributed by atoms with van der Waals surface area (Å²) in [4.78, 5) is 17.4. The van der Waals surface area contributed by atoms with Crippen LogP contribution < -0.4 is 16.7 Å². The van der Waals surface area contributed by atoms with Gasteiger partial charge in [0.15, 0.2) is 5.82 Å². The zero-order valence-corrected chi connectivity index (χ0v) is 11.1. The maximum Gasteiger partial charge on any atom is 0.254 e. The Morgan fingerprint density at radius 2 is 2.21 bits per heavy atom. The summed E-state index contributed by atoms with van der Waals surface area (Å²) in [5, 5.41) is 4.05. The van der Waals surface area contributed by atoms with Crippen molar-refractivity contribution in [2.45, 2.75) is 13.8 Å². The van der Waals surface area contributed by atoms with Crippen molar-refractivity contribution in [1.82, 2.24) is 14.5 Å². The van der Waals surface area contributed by atoms with Crippen LogP contribution in [0.15, 0.2) is 22.0 Å². The van der Waals surface area contributed by atoms with Gasteiger partial charge in [-0.3, -0.25) is 15.2 Å². The number of rotatable bonds is 3. The highest BCUT2D eigenvalue weighted by atomic mass is 16.1. The highest BCUT2D eigenvalue weighted by molar-refractivity contribution is 5.82. The van der Waals surface area contributed by atoms with Gasteiger partial charge < -0.3 is 10.3 Å². The first-order valence-electron chi connectivity index (χ1n) is 5.76. The molecule has 2 rings (SSSR count). The van der Waals surface area contributed by atoms with Gasteiger partial charge in [-0.25, -0.2) is 0 Å². The predicted molar refractivity (Wildman–Crippen MR) is 75.4 cm³/mol. The summed E-state index contributed by atoms with van der Waals surface area (Å²) < 4.78 is 2.07. The van der Waals surface area contributed by atoms with E-state index in [1.807, 2.05) is 27.0 Å². The Kier molecular flexibility index (Phi) is 3.37. The predicted octanol–water partition coefficient (Wildman–Crippen LogP) is 0.753. The highest BCUT2D eigenvalue weighted by Crippen LogP contribution is 2.10. The molecule has 4 N–H and O–H groups in total. The normalized spacial score (nSPS) is 11.1. The Bertz CT molecular complexity index is 682. The third-order valence-electron chi connectivity index (χ3n) is 2.96. The number of H-pyrrole nitrogens is 1. The number of nitrogens with one attached hydrogen (secondary N) is 2. The van der Waals surface area contributed by atoms with Crippen LogP contribution >= 0.6 is 0 Å². The summed E-state index contributed by atoms with van der Waals surface area (Å²) in [5.41, 5.74) is 11.1. The number of aryl methyl sites for hydroxylation is 1. The minimum Gasteiger partial charge on any atom is -0.369 e. The molecule has 2 aromatic rings. The summed E-state index contributed by atoms with van der Waals surface area (Å²) in [7, 11) is 1.99. The number of aromatic amines is 1. The minimum absolute atomic E-state index is 0.0527. The van der Waals surface area contributed by atoms with Crippen molar-refractivity contribution in [1.29, 1.82) is 0 Å². The van der Waals surface area contributed by atoms with Crippen molar-refractivity contribution in [2.75, 3.05) is 11.2 Å². The molecule has 0 aliphatic carbocycles. The Balaban J connectivity index is 2.15. The zero-order chi connectivity index (χ0) is 14.0. The first kappa shape index (κ1) is 12.9. The van der Waals surface area contributed by atoms with Gasteiger partial charge in [0, 0.05) is 30.1 Å². The molecule has 2 heterocycles. The molecule has 0 fully saturated rings. The minimum atomic E-state index is -0.322. The monoisotopic (exact) mass is 260 g/mol. The smallest absolute Gasteiger partial charge is 0.254 e. The molecule has 0 amide bonds. The quantitative estimate of drug-likeness (QED) is 0.560. The van der Waals surface area contributed by atoms with E-state index in [0.717, 1.165) is 17.0 Å². The standard InChI is InChI=1S/C12H16N6O/c1-7-4-9(8(2)18(7)3)6-14-17-10-5-11(19)16-12(13)15-10/h4-6H,1-3H3,(H4,13,15,16,17,19)/b14-6+. The molecule has 0 atom stereocenters. The Hall–Kier alpha value is -2.57. The molecule has 0 saturated heterocycles. The molecule has 7 heteroatoms. The Labute approximate surface area is 110 Å². The Morgan fingerprint density at radius 1 is 1.47 bits per heavy atom. The number of anilines is 2. The van der Waals surface area contributed by atoms with E-state index in [-0.39, 0.29) is 11.5 Å². The average Bonchev–Trinajstić information content (AvgIpc) is 2.56. The molecular formula is C12H16N6O. The van der Waals surface area contributed by atoms with E-state index in [4.69, 9.17) is 5.73 Å². The topological polar surface area (TPSA) is 101 Å². The van der Waals surface area contributed by atoms with Crippen molar-refractivity contribution >= 4 is 18.0 Å². The summed E-state index contributed by atoms with van der Waals surface area (Å²) in [6.45, 7) is 4.04. The van der Waals surface area contributed by atoms with Gasteiger partial charge in [-0.15, -0.1) is 0 Å². The Morgan fingerprint density at radius 3 is 2.79 bits per heavy atom. The van der Waals surface area contributed by atoms with Crippen molar-refractivity contribution in [2.24, 2.45) is 12.1 Å². The number of hydrogen-bond acceptors (Lipinski definition) is 5. The summed E-state index contributed by atoms with van der Waals surface area (Å²) in [5.74, 6) is 0.361. The van der Waals surface area contributed by atoms with Crippen LogP contribution in [0.4, 0.5) is 11.8 Å². The lowest BCUT2D eigenvalue weighted by molar-refractivity contribution is 0.843. The van der Waals surface area contributed by atoms with E-state index < -0.39 is 0 Å². The van der Waals surface area contributed by atoms with Crippen LogP contribution in [-0.2, 0) is 7.05 Å². The number of aromatic nitrogens is 3. The molecule has 2 aromatic heterocycles. The van der Waals surface area contributed by atoms with E-state index in [0.29, 0.717) is 5.82 Å². The van der Waals surface area contributed by atoms with Crippen LogP contribution in [0, 0.1) is 13.8 Å². The molecule has 0 spiro atoms. The fourth-order valence-corrected chi connectivity index (χ4v) is 1.72. The van der Waals surface area contributed by atoms with Gasteiger partial charge in [0.25, 0.3) is 5.56 Å². The lowest BCUT2D eigenvalue weighted by Crippen LogP contribution is -2.11. The van der Waals surface area contributed by atoms with Crippen LogP contribution in [0.3, 0.4) is 0 Å².